The number of carbonyl (C=O) groups excluding carboxylic acids is 2. The number of carbonyl (C=O) groups is 2. The van der Waals surface area contributed by atoms with Crippen LogP contribution in [0.15, 0.2) is 12.0 Å². The van der Waals surface area contributed by atoms with Gasteiger partial charge in [-0.05, 0) is 43.3 Å². The monoisotopic (exact) mass is 577 g/mol. The number of nitrogens with zero attached hydrogens (tertiary/aromatic N) is 1. The summed E-state index contributed by atoms with van der Waals surface area (Å²) in [5.41, 5.74) is 4.41. The lowest BCUT2D eigenvalue weighted by Crippen LogP contribution is -2.73. The van der Waals surface area contributed by atoms with Crippen LogP contribution < -0.4 is 27.0 Å². The Balaban J connectivity index is 0.985. The first kappa shape index (κ1) is 27.4. The minimum atomic E-state index is -0.502. The van der Waals surface area contributed by atoms with Crippen molar-refractivity contribution in [3.8, 4) is 0 Å². The molecule has 222 valence electrons. The number of piperidine rings is 1. The van der Waals surface area contributed by atoms with Crippen LogP contribution in [0.2, 0.25) is 0 Å². The smallest absolute Gasteiger partial charge is 0.226 e. The maximum absolute atomic E-state index is 12.9. The van der Waals surface area contributed by atoms with Crippen molar-refractivity contribution in [2.45, 2.75) is 80.5 Å². The fraction of sp³-hybridized carbons (Fsp3) is 0.857. The zero-order chi connectivity index (χ0) is 27.2. The van der Waals surface area contributed by atoms with E-state index < -0.39 is 6.10 Å². The minimum Gasteiger partial charge on any atom is -0.472 e. The molecule has 0 spiro atoms. The number of quaternary nitrogens is 1. The summed E-state index contributed by atoms with van der Waals surface area (Å²) in [5.74, 6) is 2.67. The molecular formula is C28H45N6O5S+. The summed E-state index contributed by atoms with van der Waals surface area (Å²) in [6.45, 7) is 4.09. The first-order valence-corrected chi connectivity index (χ1v) is 16.5. The van der Waals surface area contributed by atoms with Gasteiger partial charge in [-0.1, -0.05) is 6.42 Å². The van der Waals surface area contributed by atoms with E-state index in [1.165, 1.54) is 25.7 Å². The number of ether oxygens (including phenoxy) is 3. The SMILES string of the molecule is [NH3+][C@@H]1CCCC[C@@H]1NC1CC2CNC(=O)C2C(NC2CC(C3COC4C(=O)C=C(N5CCOCC5)OC43)CS2)N1. The highest BCUT2D eigenvalue weighted by Crippen LogP contribution is 2.43. The molecular weight excluding hydrogens is 532 g/mol. The Bertz CT molecular complexity index is 996. The van der Waals surface area contributed by atoms with E-state index in [9.17, 15) is 9.59 Å². The lowest BCUT2D eigenvalue weighted by Gasteiger charge is -2.42. The maximum atomic E-state index is 12.9. The second kappa shape index (κ2) is 11.7. The molecule has 0 aromatic heterocycles. The number of amides is 1. The van der Waals surface area contributed by atoms with Crippen LogP contribution in [0.3, 0.4) is 0 Å². The van der Waals surface area contributed by atoms with Gasteiger partial charge in [-0.3, -0.25) is 25.5 Å². The number of fused-ring (bicyclic) bond motifs is 2. The molecule has 1 aliphatic carbocycles. The van der Waals surface area contributed by atoms with E-state index in [1.807, 2.05) is 11.8 Å². The molecule has 5 saturated heterocycles. The molecule has 11 atom stereocenters. The standard InChI is InChI=1S/C28H44N6O5S/c29-18-3-1-2-4-19(18)31-21-9-15-12-30-28(36)24(15)27(32-21)33-22-10-16(14-40-22)17-13-38-26-20(35)11-23(39-25(17)26)34-5-7-37-8-6-34/h11,15-19,21-22,24-27,31-33H,1-10,12-14,29H2,(H,30,36)/p+1/t15?,16?,17?,18-,19+,21?,22?,24?,25?,26?,27?/m1/s1. The topological polar surface area (TPSA) is 141 Å². The van der Waals surface area contributed by atoms with Crippen molar-refractivity contribution >= 4 is 23.5 Å². The summed E-state index contributed by atoms with van der Waals surface area (Å²) in [6, 6.07) is 0.878. The Morgan fingerprint density at radius 1 is 1.07 bits per heavy atom. The van der Waals surface area contributed by atoms with Crippen molar-refractivity contribution in [1.82, 2.24) is 26.2 Å². The zero-order valence-electron chi connectivity index (χ0n) is 23.2. The number of morpholine rings is 1. The number of hydrogen-bond donors (Lipinski definition) is 5. The second-order valence-electron chi connectivity index (χ2n) is 12.8. The van der Waals surface area contributed by atoms with Crippen LogP contribution in [-0.2, 0) is 23.8 Å². The fourth-order valence-corrected chi connectivity index (χ4v) is 9.50. The number of hydrogen-bond acceptors (Lipinski definition) is 10. The molecule has 9 unspecified atom stereocenters. The third-order valence-corrected chi connectivity index (χ3v) is 11.6. The number of rotatable bonds is 6. The first-order chi connectivity index (χ1) is 19.5. The second-order valence-corrected chi connectivity index (χ2v) is 14.0. The molecule has 7 rings (SSSR count). The molecule has 40 heavy (non-hydrogen) atoms. The highest BCUT2D eigenvalue weighted by atomic mass is 32.2. The van der Waals surface area contributed by atoms with Gasteiger partial charge >= 0.3 is 0 Å². The third kappa shape index (κ3) is 5.41. The van der Waals surface area contributed by atoms with Gasteiger partial charge in [-0.15, -0.1) is 11.8 Å². The van der Waals surface area contributed by atoms with Gasteiger partial charge in [0.2, 0.25) is 5.91 Å². The maximum Gasteiger partial charge on any atom is 0.226 e. The Kier molecular flexibility index (Phi) is 8.02. The zero-order valence-corrected chi connectivity index (χ0v) is 24.0. The molecule has 12 heteroatoms. The first-order valence-electron chi connectivity index (χ1n) is 15.4. The van der Waals surface area contributed by atoms with Crippen LogP contribution >= 0.6 is 11.8 Å². The average molecular weight is 578 g/mol. The molecule has 0 bridgehead atoms. The predicted molar refractivity (Wildman–Crippen MR) is 148 cm³/mol. The Labute approximate surface area is 240 Å². The number of ketones is 1. The van der Waals surface area contributed by atoms with Crippen LogP contribution in [0.1, 0.15) is 38.5 Å². The van der Waals surface area contributed by atoms with Crippen LogP contribution in [0.5, 0.6) is 0 Å². The van der Waals surface area contributed by atoms with E-state index in [1.54, 1.807) is 6.08 Å². The molecule has 6 fully saturated rings. The van der Waals surface area contributed by atoms with E-state index in [0.29, 0.717) is 49.6 Å². The Morgan fingerprint density at radius 2 is 1.93 bits per heavy atom. The van der Waals surface area contributed by atoms with Crippen molar-refractivity contribution in [1.29, 1.82) is 0 Å². The molecule has 0 aromatic rings. The van der Waals surface area contributed by atoms with E-state index in [4.69, 9.17) is 14.2 Å². The largest absolute Gasteiger partial charge is 0.472 e. The van der Waals surface area contributed by atoms with Gasteiger partial charge in [0.25, 0.3) is 0 Å². The minimum absolute atomic E-state index is 0.0197. The Hall–Kier alpha value is -1.41. The predicted octanol–water partition coefficient (Wildman–Crippen LogP) is -1.04. The van der Waals surface area contributed by atoms with Crippen LogP contribution in [0.4, 0.5) is 0 Å². The van der Waals surface area contributed by atoms with Crippen molar-refractivity contribution in [2.75, 3.05) is 45.2 Å². The molecule has 7 aliphatic rings. The van der Waals surface area contributed by atoms with Gasteiger partial charge in [-0.2, -0.15) is 0 Å². The number of thioether (sulfide) groups is 1. The molecule has 6 aliphatic heterocycles. The van der Waals surface area contributed by atoms with Crippen LogP contribution in [0, 0.1) is 23.7 Å². The molecule has 1 saturated carbocycles. The van der Waals surface area contributed by atoms with Crippen LogP contribution in [0.25, 0.3) is 0 Å². The van der Waals surface area contributed by atoms with E-state index in [2.05, 4.69) is 31.9 Å². The average Bonchev–Trinajstić information content (AvgIpc) is 3.69. The van der Waals surface area contributed by atoms with Crippen LogP contribution in [-0.4, -0.2) is 104 Å². The molecule has 0 aromatic carbocycles. The summed E-state index contributed by atoms with van der Waals surface area (Å²) >= 11 is 1.92. The van der Waals surface area contributed by atoms with E-state index >= 15 is 0 Å². The molecule has 1 amide bonds. The summed E-state index contributed by atoms with van der Waals surface area (Å²) in [7, 11) is 0. The molecule has 0 radical (unpaired) electrons. The Morgan fingerprint density at radius 3 is 2.77 bits per heavy atom. The highest BCUT2D eigenvalue weighted by molar-refractivity contribution is 8.00. The third-order valence-electron chi connectivity index (χ3n) is 10.3. The summed E-state index contributed by atoms with van der Waals surface area (Å²) in [4.78, 5) is 27.9. The van der Waals surface area contributed by atoms with Gasteiger partial charge in [0, 0.05) is 38.0 Å². The summed E-state index contributed by atoms with van der Waals surface area (Å²) in [6.07, 6.45) is 7.80. The van der Waals surface area contributed by atoms with Crippen molar-refractivity contribution in [3.05, 3.63) is 12.0 Å². The normalized spacial score (nSPS) is 45.5. The lowest BCUT2D eigenvalue weighted by atomic mass is 9.83. The van der Waals surface area contributed by atoms with Gasteiger partial charge in [0.15, 0.2) is 17.8 Å². The lowest BCUT2D eigenvalue weighted by molar-refractivity contribution is -0.431. The van der Waals surface area contributed by atoms with Crippen molar-refractivity contribution < 1.29 is 29.5 Å². The van der Waals surface area contributed by atoms with Gasteiger partial charge in [-0.25, -0.2) is 0 Å². The molecule has 6 heterocycles. The van der Waals surface area contributed by atoms with Gasteiger partial charge in [0.05, 0.1) is 55.5 Å². The fourth-order valence-electron chi connectivity index (χ4n) is 8.01. The van der Waals surface area contributed by atoms with Crippen molar-refractivity contribution in [2.24, 2.45) is 23.7 Å². The van der Waals surface area contributed by atoms with Gasteiger partial charge < -0.3 is 30.2 Å². The molecule has 11 nitrogen and oxygen atoms in total. The molecule has 7 N–H and O–H groups in total. The number of nitrogens with one attached hydrogen (secondary N) is 4. The summed E-state index contributed by atoms with van der Waals surface area (Å²) in [5, 5.41) is 14.9. The van der Waals surface area contributed by atoms with E-state index in [0.717, 1.165) is 38.2 Å². The summed E-state index contributed by atoms with van der Waals surface area (Å²) < 4.78 is 18.0. The quantitative estimate of drug-likeness (QED) is 0.266. The van der Waals surface area contributed by atoms with Gasteiger partial charge in [0.1, 0.15) is 6.10 Å². The van der Waals surface area contributed by atoms with Crippen molar-refractivity contribution in [3.63, 3.8) is 0 Å². The highest BCUT2D eigenvalue weighted by Gasteiger charge is 2.52. The van der Waals surface area contributed by atoms with E-state index in [-0.39, 0.29) is 47.3 Å².